The number of allylic oxidation sites excluding steroid dienone is 4. The van der Waals surface area contributed by atoms with Crippen molar-refractivity contribution in [1.82, 2.24) is 0 Å². The van der Waals surface area contributed by atoms with Gasteiger partial charge in [0.05, 0.1) is 31.5 Å². The van der Waals surface area contributed by atoms with E-state index in [0.29, 0.717) is 32.1 Å². The van der Waals surface area contributed by atoms with Crippen LogP contribution in [0.3, 0.4) is 0 Å². The number of rotatable bonds is 33. The first-order valence-electron chi connectivity index (χ1n) is 20.3. The van der Waals surface area contributed by atoms with E-state index < -0.39 is 76.0 Å². The number of unbranched alkanes of at least 4 members (excludes halogenated alkanes) is 10. The summed E-state index contributed by atoms with van der Waals surface area (Å²) in [6.45, 7) is 2.38. The molecule has 14 nitrogen and oxygen atoms in total. The van der Waals surface area contributed by atoms with E-state index in [2.05, 4.69) is 30.5 Å². The van der Waals surface area contributed by atoms with Crippen molar-refractivity contribution in [2.45, 2.75) is 166 Å². The maximum Gasteiger partial charge on any atom is 0.472 e. The van der Waals surface area contributed by atoms with Gasteiger partial charge in [-0.25, -0.2) is 4.57 Å². The SMILES string of the molecule is CCCC/C=C\CCCCCCCC(=O)OC[C@H](COP(=O)(O)OC[C@H](N)C(=O)O)OC(=O)CCC/C=C/C[C@@H]1[C@@H](/C=C/[C@@H](O)CCCCC)[C@H](O)C[C@@H]1O. The summed E-state index contributed by atoms with van der Waals surface area (Å²) < 4.78 is 32.5. The van der Waals surface area contributed by atoms with Crippen molar-refractivity contribution >= 4 is 25.7 Å². The number of hydrogen-bond donors (Lipinski definition) is 6. The molecule has 0 saturated heterocycles. The number of aliphatic carboxylic acids is 1. The second kappa shape index (κ2) is 30.7. The number of aliphatic hydroxyl groups excluding tert-OH is 3. The molecule has 1 rings (SSSR count). The number of esters is 2. The van der Waals surface area contributed by atoms with Crippen LogP contribution in [0.4, 0.5) is 0 Å². The number of carbonyl (C=O) groups excluding carboxylic acids is 2. The zero-order chi connectivity index (χ0) is 40.9. The van der Waals surface area contributed by atoms with Crippen molar-refractivity contribution in [2.24, 2.45) is 17.6 Å². The molecule has 0 aliphatic heterocycles. The lowest BCUT2D eigenvalue weighted by Gasteiger charge is -2.20. The van der Waals surface area contributed by atoms with Gasteiger partial charge >= 0.3 is 25.7 Å². The minimum atomic E-state index is -4.78. The first kappa shape index (κ1) is 50.6. The van der Waals surface area contributed by atoms with Gasteiger partial charge in [0.2, 0.25) is 0 Å². The molecule has 8 atom stereocenters. The average molecular weight is 804 g/mol. The van der Waals surface area contributed by atoms with E-state index >= 15 is 0 Å². The van der Waals surface area contributed by atoms with E-state index in [4.69, 9.17) is 24.8 Å². The summed E-state index contributed by atoms with van der Waals surface area (Å²) in [4.78, 5) is 46.0. The van der Waals surface area contributed by atoms with Crippen molar-refractivity contribution < 1.29 is 62.8 Å². The third-order valence-corrected chi connectivity index (χ3v) is 10.4. The molecule has 1 aliphatic carbocycles. The van der Waals surface area contributed by atoms with Crippen LogP contribution >= 0.6 is 7.82 Å². The fourth-order valence-corrected chi connectivity index (χ4v) is 6.88. The molecule has 0 amide bonds. The van der Waals surface area contributed by atoms with Crippen LogP contribution in [0.25, 0.3) is 0 Å². The Hall–Kier alpha value is -2.42. The predicted octanol–water partition coefficient (Wildman–Crippen LogP) is 6.44. The highest BCUT2D eigenvalue weighted by Gasteiger charge is 2.39. The first-order valence-corrected chi connectivity index (χ1v) is 21.8. The van der Waals surface area contributed by atoms with E-state index in [1.165, 1.54) is 12.8 Å². The summed E-state index contributed by atoms with van der Waals surface area (Å²) in [5.74, 6) is -3.10. The van der Waals surface area contributed by atoms with Gasteiger partial charge in [-0.05, 0) is 57.3 Å². The number of phosphoric ester groups is 1. The van der Waals surface area contributed by atoms with Crippen LogP contribution < -0.4 is 5.73 Å². The molecule has 0 heterocycles. The van der Waals surface area contributed by atoms with Crippen molar-refractivity contribution in [1.29, 1.82) is 0 Å². The van der Waals surface area contributed by atoms with Crippen LogP contribution in [-0.2, 0) is 37.5 Å². The Balaban J connectivity index is 2.58. The number of phosphoric acid groups is 1. The second-order valence-corrected chi connectivity index (χ2v) is 15.8. The van der Waals surface area contributed by atoms with Gasteiger partial charge in [0.1, 0.15) is 12.6 Å². The zero-order valence-electron chi connectivity index (χ0n) is 33.1. The summed E-state index contributed by atoms with van der Waals surface area (Å²) in [7, 11) is -4.78. The van der Waals surface area contributed by atoms with Gasteiger partial charge in [0, 0.05) is 25.2 Å². The number of carboxylic acid groups (broad SMARTS) is 1. The molecular formula is C40H70NO13P. The molecule has 318 valence electrons. The number of hydrogen-bond acceptors (Lipinski definition) is 12. The number of ether oxygens (including phenoxy) is 2. The molecule has 55 heavy (non-hydrogen) atoms. The maximum atomic E-state index is 12.7. The molecule has 0 aromatic heterocycles. The molecule has 0 bridgehead atoms. The molecule has 7 N–H and O–H groups in total. The van der Waals surface area contributed by atoms with Gasteiger partial charge in [-0.3, -0.25) is 23.4 Å². The Morgan fingerprint density at radius 1 is 0.782 bits per heavy atom. The molecule has 1 saturated carbocycles. The highest BCUT2D eigenvalue weighted by Crippen LogP contribution is 2.43. The molecular weight excluding hydrogens is 733 g/mol. The maximum absolute atomic E-state index is 12.7. The summed E-state index contributed by atoms with van der Waals surface area (Å²) >= 11 is 0. The Kier molecular flexibility index (Phi) is 28.2. The molecule has 15 heteroatoms. The van der Waals surface area contributed by atoms with Gasteiger partial charge in [-0.15, -0.1) is 0 Å². The Labute approximate surface area is 328 Å². The standard InChI is InChI=1S/C40H70NO13P/c1-3-5-7-8-9-10-11-12-13-14-19-23-38(45)51-28-32(29-52-55(49,50)53-30-35(41)40(47)48)54-39(46)24-20-16-15-18-22-33-34(37(44)27-36(33)43)26-25-31(42)21-17-6-4-2/h8-9,15,18,25-26,31-37,42-44H,3-7,10-14,16-17,19-24,27-30,41H2,1-2H3,(H,47,48)(H,49,50)/b9-8-,18-15+,26-25+/t31-,32+,33+,34+,35-,36-,37+/m0/s1. The minimum absolute atomic E-state index is 0.0177. The van der Waals surface area contributed by atoms with E-state index in [-0.39, 0.29) is 31.1 Å². The van der Waals surface area contributed by atoms with E-state index in [1.807, 2.05) is 18.2 Å². The topological polar surface area (TPSA) is 232 Å². The van der Waals surface area contributed by atoms with Gasteiger partial charge in [0.25, 0.3) is 0 Å². The fourth-order valence-electron chi connectivity index (χ4n) is 6.10. The average Bonchev–Trinajstić information content (AvgIpc) is 3.41. The molecule has 1 unspecified atom stereocenters. The zero-order valence-corrected chi connectivity index (χ0v) is 34.0. The molecule has 1 aliphatic rings. The summed E-state index contributed by atoms with van der Waals surface area (Å²) in [5, 5.41) is 40.1. The normalized spacial score (nSPS) is 21.6. The van der Waals surface area contributed by atoms with E-state index in [0.717, 1.165) is 57.8 Å². The molecule has 0 spiro atoms. The highest BCUT2D eigenvalue weighted by atomic mass is 31.2. The Morgan fingerprint density at radius 2 is 1.40 bits per heavy atom. The minimum Gasteiger partial charge on any atom is -0.480 e. The second-order valence-electron chi connectivity index (χ2n) is 14.4. The predicted molar refractivity (Wildman–Crippen MR) is 210 cm³/mol. The number of carboxylic acids is 1. The number of carbonyl (C=O) groups is 3. The lowest BCUT2D eigenvalue weighted by Crippen LogP contribution is -2.34. The molecule has 0 aromatic carbocycles. The number of nitrogens with two attached hydrogens (primary N) is 1. The largest absolute Gasteiger partial charge is 0.480 e. The van der Waals surface area contributed by atoms with Crippen LogP contribution in [0.2, 0.25) is 0 Å². The Bertz CT molecular complexity index is 1200. The third-order valence-electron chi connectivity index (χ3n) is 9.43. The van der Waals surface area contributed by atoms with Crippen LogP contribution in [0.15, 0.2) is 36.5 Å². The van der Waals surface area contributed by atoms with E-state index in [9.17, 15) is 39.2 Å². The number of aliphatic hydroxyl groups is 3. The molecule has 0 aromatic rings. The van der Waals surface area contributed by atoms with Gasteiger partial charge in [0.15, 0.2) is 6.10 Å². The third kappa shape index (κ3) is 25.5. The van der Waals surface area contributed by atoms with Crippen LogP contribution in [-0.4, -0.2) is 93.5 Å². The summed E-state index contributed by atoms with van der Waals surface area (Å²) in [6, 6.07) is -1.56. The monoisotopic (exact) mass is 803 g/mol. The van der Waals surface area contributed by atoms with Crippen LogP contribution in [0.5, 0.6) is 0 Å². The van der Waals surface area contributed by atoms with Gasteiger partial charge in [-0.2, -0.15) is 0 Å². The highest BCUT2D eigenvalue weighted by molar-refractivity contribution is 7.47. The lowest BCUT2D eigenvalue weighted by molar-refractivity contribution is -0.161. The summed E-state index contributed by atoms with van der Waals surface area (Å²) in [5.41, 5.74) is 5.31. The van der Waals surface area contributed by atoms with Crippen LogP contribution in [0, 0.1) is 11.8 Å². The lowest BCUT2D eigenvalue weighted by atomic mass is 9.89. The van der Waals surface area contributed by atoms with Gasteiger partial charge in [-0.1, -0.05) is 102 Å². The van der Waals surface area contributed by atoms with Crippen molar-refractivity contribution in [3.63, 3.8) is 0 Å². The van der Waals surface area contributed by atoms with E-state index in [1.54, 1.807) is 6.08 Å². The van der Waals surface area contributed by atoms with Crippen molar-refractivity contribution in [2.75, 3.05) is 19.8 Å². The Morgan fingerprint density at radius 3 is 2.11 bits per heavy atom. The molecule has 1 fully saturated rings. The van der Waals surface area contributed by atoms with Crippen molar-refractivity contribution in [3.05, 3.63) is 36.5 Å². The van der Waals surface area contributed by atoms with Crippen molar-refractivity contribution in [3.8, 4) is 0 Å². The summed E-state index contributed by atoms with van der Waals surface area (Å²) in [6.07, 6.45) is 23.2. The first-order chi connectivity index (χ1) is 26.3. The smallest absolute Gasteiger partial charge is 0.472 e. The van der Waals surface area contributed by atoms with Crippen LogP contribution in [0.1, 0.15) is 136 Å². The fraction of sp³-hybridized carbons (Fsp3) is 0.775. The molecule has 0 radical (unpaired) electrons. The quantitative estimate of drug-likeness (QED) is 0.0182. The van der Waals surface area contributed by atoms with Gasteiger partial charge < -0.3 is 40.5 Å².